The lowest BCUT2D eigenvalue weighted by Crippen LogP contribution is -2.34. The van der Waals surface area contributed by atoms with Crippen LogP contribution in [0.5, 0.6) is 5.75 Å². The van der Waals surface area contributed by atoms with Gasteiger partial charge in [0.15, 0.2) is 0 Å². The summed E-state index contributed by atoms with van der Waals surface area (Å²) in [4.78, 5) is 11.6. The Labute approximate surface area is 84.5 Å². The summed E-state index contributed by atoms with van der Waals surface area (Å²) in [6, 6.07) is 6.77. The van der Waals surface area contributed by atoms with Gasteiger partial charge in [-0.05, 0) is 31.5 Å². The maximum absolute atomic E-state index is 11.6. The molecule has 74 valence electrons. The minimum absolute atomic E-state index is 0.204. The van der Waals surface area contributed by atoms with Gasteiger partial charge in [0, 0.05) is 0 Å². The number of carbonyl (C=O) groups excluding carboxylic acids is 1. The first-order valence-electron chi connectivity index (χ1n) is 5.28. The topological polar surface area (TPSA) is 38.3 Å². The van der Waals surface area contributed by atoms with E-state index in [1.807, 2.05) is 0 Å². The molecular formula is C11H13NO2. The third-order valence-electron chi connectivity index (χ3n) is 2.24. The molecule has 1 fully saturated rings. The first-order chi connectivity index (χ1) is 7.27. The van der Waals surface area contributed by atoms with E-state index in [0.717, 1.165) is 19.4 Å². The van der Waals surface area contributed by atoms with Crippen molar-refractivity contribution in [3.05, 3.63) is 30.3 Å². The molecule has 14 heavy (non-hydrogen) atoms. The van der Waals surface area contributed by atoms with Crippen LogP contribution in [-0.4, -0.2) is 18.6 Å². The third-order valence-corrected chi connectivity index (χ3v) is 2.24. The molecule has 1 heterocycles. The van der Waals surface area contributed by atoms with E-state index in [-0.39, 0.29) is 18.1 Å². The van der Waals surface area contributed by atoms with Gasteiger partial charge in [0.1, 0.15) is 11.8 Å². The SMILES string of the molecule is [2H]c1ccccc1OC(=O)[C@@H]1CCCN1. The van der Waals surface area contributed by atoms with Gasteiger partial charge in [-0.1, -0.05) is 18.2 Å². The van der Waals surface area contributed by atoms with Crippen molar-refractivity contribution in [2.45, 2.75) is 18.9 Å². The Balaban J connectivity index is 2.02. The second-order valence-corrected chi connectivity index (χ2v) is 3.30. The molecule has 1 aromatic rings. The molecule has 2 rings (SSSR count). The van der Waals surface area contributed by atoms with Gasteiger partial charge in [0.2, 0.25) is 0 Å². The van der Waals surface area contributed by atoms with Crippen molar-refractivity contribution in [3.63, 3.8) is 0 Å². The summed E-state index contributed by atoms with van der Waals surface area (Å²) in [6.45, 7) is 0.863. The Morgan fingerprint density at radius 2 is 2.50 bits per heavy atom. The lowest BCUT2D eigenvalue weighted by atomic mass is 10.2. The fourth-order valence-electron chi connectivity index (χ4n) is 1.51. The number of para-hydroxylation sites is 1. The van der Waals surface area contributed by atoms with Gasteiger partial charge in [0.05, 0.1) is 1.37 Å². The molecule has 1 N–H and O–H groups in total. The summed E-state index contributed by atoms with van der Waals surface area (Å²) in [5.74, 6) is 0.0448. The number of rotatable bonds is 2. The van der Waals surface area contributed by atoms with Gasteiger partial charge in [-0.25, -0.2) is 4.79 Å². The van der Waals surface area contributed by atoms with Crippen LogP contribution in [0, 0.1) is 0 Å². The van der Waals surface area contributed by atoms with Crippen LogP contribution in [-0.2, 0) is 4.79 Å². The van der Waals surface area contributed by atoms with Crippen molar-refractivity contribution >= 4 is 5.97 Å². The quantitative estimate of drug-likeness (QED) is 0.567. The van der Waals surface area contributed by atoms with Crippen LogP contribution in [0.3, 0.4) is 0 Å². The second kappa shape index (κ2) is 4.24. The molecule has 0 aromatic heterocycles. The fourth-order valence-corrected chi connectivity index (χ4v) is 1.51. The molecular weight excluding hydrogens is 178 g/mol. The zero-order chi connectivity index (χ0) is 10.7. The first-order valence-corrected chi connectivity index (χ1v) is 4.78. The first kappa shape index (κ1) is 8.00. The summed E-state index contributed by atoms with van der Waals surface area (Å²) in [6.07, 6.45) is 1.82. The Bertz CT molecular complexity index is 361. The van der Waals surface area contributed by atoms with Gasteiger partial charge in [-0.15, -0.1) is 0 Å². The predicted molar refractivity (Wildman–Crippen MR) is 53.1 cm³/mol. The number of nitrogens with one attached hydrogen (secondary N) is 1. The van der Waals surface area contributed by atoms with Crippen molar-refractivity contribution in [1.82, 2.24) is 5.32 Å². The number of hydrogen-bond acceptors (Lipinski definition) is 3. The third kappa shape index (κ3) is 2.12. The van der Waals surface area contributed by atoms with Crippen LogP contribution < -0.4 is 10.1 Å². The average molecular weight is 192 g/mol. The molecule has 0 saturated carbocycles. The average Bonchev–Trinajstić information content (AvgIpc) is 2.74. The number of hydrogen-bond donors (Lipinski definition) is 1. The molecule has 0 unspecified atom stereocenters. The maximum Gasteiger partial charge on any atom is 0.328 e. The molecule has 1 saturated heterocycles. The van der Waals surface area contributed by atoms with Gasteiger partial charge in [0.25, 0.3) is 0 Å². The van der Waals surface area contributed by atoms with E-state index >= 15 is 0 Å². The van der Waals surface area contributed by atoms with Crippen LogP contribution in [0.2, 0.25) is 0 Å². The summed E-state index contributed by atoms with van der Waals surface area (Å²) in [5.41, 5.74) is 0. The Morgan fingerprint density at radius 3 is 3.21 bits per heavy atom. The predicted octanol–water partition coefficient (Wildman–Crippen LogP) is 1.34. The second-order valence-electron chi connectivity index (χ2n) is 3.30. The molecule has 3 nitrogen and oxygen atoms in total. The molecule has 1 aliphatic heterocycles. The van der Waals surface area contributed by atoms with Gasteiger partial charge in [-0.2, -0.15) is 0 Å². The molecule has 3 heteroatoms. The monoisotopic (exact) mass is 192 g/mol. The van der Waals surface area contributed by atoms with Crippen molar-refractivity contribution in [2.24, 2.45) is 0 Å². The molecule has 0 spiro atoms. The number of benzene rings is 1. The van der Waals surface area contributed by atoms with Crippen LogP contribution >= 0.6 is 0 Å². The molecule has 1 atom stereocenters. The zero-order valence-electron chi connectivity index (χ0n) is 8.82. The maximum atomic E-state index is 11.6. The lowest BCUT2D eigenvalue weighted by Gasteiger charge is -2.09. The van der Waals surface area contributed by atoms with E-state index in [4.69, 9.17) is 6.11 Å². The van der Waals surface area contributed by atoms with E-state index < -0.39 is 0 Å². The minimum atomic E-state index is -0.285. The van der Waals surface area contributed by atoms with Gasteiger partial charge in [-0.3, -0.25) is 0 Å². The Kier molecular flexibility index (Phi) is 2.42. The molecule has 0 amide bonds. The van der Waals surface area contributed by atoms with E-state index in [2.05, 4.69) is 5.32 Å². The Hall–Kier alpha value is -1.35. The molecule has 0 aliphatic carbocycles. The molecule has 1 aliphatic rings. The van der Waals surface area contributed by atoms with Crippen molar-refractivity contribution in [2.75, 3.05) is 6.54 Å². The van der Waals surface area contributed by atoms with Gasteiger partial charge < -0.3 is 10.1 Å². The van der Waals surface area contributed by atoms with Gasteiger partial charge >= 0.3 is 5.97 Å². The van der Waals surface area contributed by atoms with Crippen LogP contribution in [0.25, 0.3) is 0 Å². The summed E-state index contributed by atoms with van der Waals surface area (Å²) >= 11 is 0. The highest BCUT2D eigenvalue weighted by atomic mass is 16.5. The van der Waals surface area contributed by atoms with Crippen LogP contribution in [0.4, 0.5) is 0 Å². The normalized spacial score (nSPS) is 21.7. The van der Waals surface area contributed by atoms with Crippen LogP contribution in [0.15, 0.2) is 30.3 Å². The number of esters is 1. The summed E-state index contributed by atoms with van der Waals surface area (Å²) < 4.78 is 12.7. The van der Waals surface area contributed by atoms with E-state index in [9.17, 15) is 4.79 Å². The highest BCUT2D eigenvalue weighted by molar-refractivity contribution is 5.78. The largest absolute Gasteiger partial charge is 0.425 e. The fraction of sp³-hybridized carbons (Fsp3) is 0.364. The molecule has 0 radical (unpaired) electrons. The van der Waals surface area contributed by atoms with E-state index in [0.29, 0.717) is 5.75 Å². The molecule has 0 bridgehead atoms. The summed E-state index contributed by atoms with van der Waals surface area (Å²) in [5, 5.41) is 3.06. The van der Waals surface area contributed by atoms with E-state index in [1.54, 1.807) is 24.3 Å². The van der Waals surface area contributed by atoms with Crippen molar-refractivity contribution in [1.29, 1.82) is 0 Å². The van der Waals surface area contributed by atoms with Crippen molar-refractivity contribution in [3.8, 4) is 5.75 Å². The zero-order valence-corrected chi connectivity index (χ0v) is 7.82. The standard InChI is InChI=1S/C11H13NO2/c13-11(10-7-4-8-12-10)14-9-5-2-1-3-6-9/h1-3,5-6,10,12H,4,7-8H2/t10-/m0/s1/i5D. The Morgan fingerprint density at radius 1 is 1.57 bits per heavy atom. The number of ether oxygens (including phenoxy) is 1. The highest BCUT2D eigenvalue weighted by Crippen LogP contribution is 2.12. The van der Waals surface area contributed by atoms with Crippen LogP contribution in [0.1, 0.15) is 14.2 Å². The minimum Gasteiger partial charge on any atom is -0.425 e. The highest BCUT2D eigenvalue weighted by Gasteiger charge is 2.23. The lowest BCUT2D eigenvalue weighted by molar-refractivity contribution is -0.136. The summed E-state index contributed by atoms with van der Waals surface area (Å²) in [7, 11) is 0. The van der Waals surface area contributed by atoms with E-state index in [1.165, 1.54) is 0 Å². The number of carbonyl (C=O) groups is 1. The smallest absolute Gasteiger partial charge is 0.328 e. The van der Waals surface area contributed by atoms with Crippen molar-refractivity contribution < 1.29 is 10.9 Å². The molecule has 1 aromatic carbocycles.